The zero-order valence-corrected chi connectivity index (χ0v) is 18.2. The molecule has 29 heavy (non-hydrogen) atoms. The lowest BCUT2D eigenvalue weighted by Crippen LogP contribution is -2.62. The minimum absolute atomic E-state index is 0.111. The number of piperidine rings is 1. The second kappa shape index (κ2) is 7.60. The SMILES string of the molecule is CC1(C)CC(NC(=O)C(=O)Nc2cccc(N3CCCS3(=O)=O)c2)CC(C)(C)N1. The lowest BCUT2D eigenvalue weighted by atomic mass is 9.79. The summed E-state index contributed by atoms with van der Waals surface area (Å²) in [5, 5.41) is 8.95. The van der Waals surface area contributed by atoms with Crippen molar-refractivity contribution in [2.45, 2.75) is 64.1 Å². The number of nitrogens with one attached hydrogen (secondary N) is 3. The molecule has 8 nitrogen and oxygen atoms in total. The summed E-state index contributed by atoms with van der Waals surface area (Å²) < 4.78 is 25.5. The van der Waals surface area contributed by atoms with Gasteiger partial charge in [-0.05, 0) is 65.2 Å². The highest BCUT2D eigenvalue weighted by molar-refractivity contribution is 7.93. The topological polar surface area (TPSA) is 108 Å². The molecule has 3 N–H and O–H groups in total. The Kier molecular flexibility index (Phi) is 5.66. The Hall–Kier alpha value is -2.13. The average Bonchev–Trinajstić information content (AvgIpc) is 2.91. The summed E-state index contributed by atoms with van der Waals surface area (Å²) in [5.41, 5.74) is 0.579. The molecule has 9 heteroatoms. The van der Waals surface area contributed by atoms with E-state index in [0.717, 1.165) is 12.8 Å². The first-order valence-corrected chi connectivity index (χ1v) is 11.5. The number of nitrogens with zero attached hydrogens (tertiary/aromatic N) is 1. The Labute approximate surface area is 172 Å². The monoisotopic (exact) mass is 422 g/mol. The van der Waals surface area contributed by atoms with Crippen LogP contribution in [0.3, 0.4) is 0 Å². The number of benzene rings is 1. The zero-order chi connectivity index (χ0) is 21.4. The van der Waals surface area contributed by atoms with Gasteiger partial charge < -0.3 is 16.0 Å². The largest absolute Gasteiger partial charge is 0.345 e. The summed E-state index contributed by atoms with van der Waals surface area (Å²) in [4.78, 5) is 24.8. The van der Waals surface area contributed by atoms with Gasteiger partial charge in [0.15, 0.2) is 0 Å². The van der Waals surface area contributed by atoms with E-state index in [4.69, 9.17) is 0 Å². The molecule has 0 unspecified atom stereocenters. The summed E-state index contributed by atoms with van der Waals surface area (Å²) in [6.07, 6.45) is 2.01. The van der Waals surface area contributed by atoms with Crippen LogP contribution >= 0.6 is 0 Å². The molecule has 1 aromatic rings. The number of sulfonamides is 1. The van der Waals surface area contributed by atoms with Crippen LogP contribution in [0.15, 0.2) is 24.3 Å². The van der Waals surface area contributed by atoms with Gasteiger partial charge in [0.2, 0.25) is 10.0 Å². The van der Waals surface area contributed by atoms with Crippen LogP contribution in [0.4, 0.5) is 11.4 Å². The van der Waals surface area contributed by atoms with Gasteiger partial charge in [0.25, 0.3) is 0 Å². The summed E-state index contributed by atoms with van der Waals surface area (Å²) in [6.45, 7) is 8.72. The highest BCUT2D eigenvalue weighted by Gasteiger charge is 2.38. The van der Waals surface area contributed by atoms with Gasteiger partial charge in [-0.3, -0.25) is 13.9 Å². The van der Waals surface area contributed by atoms with Crippen molar-refractivity contribution in [2.24, 2.45) is 0 Å². The van der Waals surface area contributed by atoms with Gasteiger partial charge in [-0.2, -0.15) is 0 Å². The van der Waals surface area contributed by atoms with E-state index < -0.39 is 21.8 Å². The van der Waals surface area contributed by atoms with Crippen LogP contribution in [0, 0.1) is 0 Å². The van der Waals surface area contributed by atoms with Gasteiger partial charge in [0.05, 0.1) is 11.4 Å². The number of hydrogen-bond acceptors (Lipinski definition) is 5. The molecule has 0 bridgehead atoms. The highest BCUT2D eigenvalue weighted by atomic mass is 32.2. The Morgan fingerprint density at radius 3 is 2.34 bits per heavy atom. The molecule has 160 valence electrons. The number of carbonyl (C=O) groups is 2. The molecule has 0 radical (unpaired) electrons. The summed E-state index contributed by atoms with van der Waals surface area (Å²) >= 11 is 0. The van der Waals surface area contributed by atoms with Gasteiger partial charge in [0, 0.05) is 29.4 Å². The van der Waals surface area contributed by atoms with E-state index in [0.29, 0.717) is 24.3 Å². The van der Waals surface area contributed by atoms with E-state index in [2.05, 4.69) is 43.6 Å². The zero-order valence-electron chi connectivity index (χ0n) is 17.4. The fourth-order valence-corrected chi connectivity index (χ4v) is 6.09. The van der Waals surface area contributed by atoms with Gasteiger partial charge in [0.1, 0.15) is 0 Å². The standard InChI is InChI=1S/C20H30N4O4S/c1-19(2)12-15(13-20(3,4)23-19)22-18(26)17(25)21-14-7-5-8-16(11-14)24-9-6-10-29(24,27)28/h5,7-8,11,15,23H,6,9-10,12-13H2,1-4H3,(H,21,25)(H,22,26). The summed E-state index contributed by atoms with van der Waals surface area (Å²) in [6, 6.07) is 6.44. The van der Waals surface area contributed by atoms with Crippen molar-refractivity contribution in [1.82, 2.24) is 10.6 Å². The van der Waals surface area contributed by atoms with Crippen molar-refractivity contribution in [1.29, 1.82) is 0 Å². The van der Waals surface area contributed by atoms with E-state index in [1.165, 1.54) is 4.31 Å². The molecule has 1 aromatic carbocycles. The maximum absolute atomic E-state index is 12.4. The number of amides is 2. The van der Waals surface area contributed by atoms with Crippen LogP contribution in [0.25, 0.3) is 0 Å². The van der Waals surface area contributed by atoms with E-state index in [-0.39, 0.29) is 22.9 Å². The molecular formula is C20H30N4O4S. The van der Waals surface area contributed by atoms with Crippen LogP contribution < -0.4 is 20.3 Å². The molecule has 2 aliphatic rings. The molecule has 2 aliphatic heterocycles. The van der Waals surface area contributed by atoms with E-state index >= 15 is 0 Å². The van der Waals surface area contributed by atoms with Gasteiger partial charge in [-0.15, -0.1) is 0 Å². The van der Waals surface area contributed by atoms with Gasteiger partial charge in [-0.25, -0.2) is 8.42 Å². The fraction of sp³-hybridized carbons (Fsp3) is 0.600. The van der Waals surface area contributed by atoms with E-state index in [1.807, 2.05) is 0 Å². The molecule has 0 atom stereocenters. The van der Waals surface area contributed by atoms with Crippen LogP contribution in [0.2, 0.25) is 0 Å². The first-order valence-electron chi connectivity index (χ1n) is 9.89. The second-order valence-corrected chi connectivity index (χ2v) is 11.2. The number of rotatable bonds is 3. The molecule has 0 aliphatic carbocycles. The predicted octanol–water partition coefficient (Wildman–Crippen LogP) is 1.59. The lowest BCUT2D eigenvalue weighted by Gasteiger charge is -2.46. The normalized spacial score (nSPS) is 22.8. The number of hydrogen-bond donors (Lipinski definition) is 3. The van der Waals surface area contributed by atoms with Gasteiger partial charge >= 0.3 is 11.8 Å². The van der Waals surface area contributed by atoms with Crippen LogP contribution in [0.1, 0.15) is 47.0 Å². The predicted molar refractivity (Wildman–Crippen MR) is 113 cm³/mol. The third-order valence-corrected chi connectivity index (χ3v) is 7.09. The lowest BCUT2D eigenvalue weighted by molar-refractivity contribution is -0.137. The highest BCUT2D eigenvalue weighted by Crippen LogP contribution is 2.29. The van der Waals surface area contributed by atoms with Crippen LogP contribution in [-0.4, -0.2) is 49.6 Å². The first kappa shape index (κ1) is 21.6. The average molecular weight is 423 g/mol. The van der Waals surface area contributed by atoms with Crippen LogP contribution in [-0.2, 0) is 19.6 Å². The molecule has 0 saturated carbocycles. The van der Waals surface area contributed by atoms with E-state index in [1.54, 1.807) is 24.3 Å². The minimum atomic E-state index is -3.31. The van der Waals surface area contributed by atoms with Crippen molar-refractivity contribution in [3.63, 3.8) is 0 Å². The minimum Gasteiger partial charge on any atom is -0.345 e. The Bertz CT molecular complexity index is 895. The number of carbonyl (C=O) groups excluding carboxylic acids is 2. The fourth-order valence-electron chi connectivity index (χ4n) is 4.53. The Morgan fingerprint density at radius 2 is 1.76 bits per heavy atom. The first-order chi connectivity index (χ1) is 13.4. The third-order valence-electron chi connectivity index (χ3n) is 5.22. The summed E-state index contributed by atoms with van der Waals surface area (Å²) in [7, 11) is -3.31. The third kappa shape index (κ3) is 5.27. The Balaban J connectivity index is 1.64. The quantitative estimate of drug-likeness (QED) is 0.641. The van der Waals surface area contributed by atoms with Crippen molar-refractivity contribution in [3.05, 3.63) is 24.3 Å². The maximum atomic E-state index is 12.4. The maximum Gasteiger partial charge on any atom is 0.313 e. The smallest absolute Gasteiger partial charge is 0.313 e. The van der Waals surface area contributed by atoms with Crippen molar-refractivity contribution in [2.75, 3.05) is 21.9 Å². The van der Waals surface area contributed by atoms with Crippen LogP contribution in [0.5, 0.6) is 0 Å². The van der Waals surface area contributed by atoms with Crippen molar-refractivity contribution >= 4 is 33.2 Å². The number of anilines is 2. The molecule has 3 rings (SSSR count). The molecule has 2 saturated heterocycles. The molecule has 2 amide bonds. The molecule has 2 fully saturated rings. The second-order valence-electron chi connectivity index (χ2n) is 9.22. The molecule has 0 spiro atoms. The van der Waals surface area contributed by atoms with Gasteiger partial charge in [-0.1, -0.05) is 6.07 Å². The van der Waals surface area contributed by atoms with Crippen molar-refractivity contribution in [3.8, 4) is 0 Å². The summed E-state index contributed by atoms with van der Waals surface area (Å²) in [5.74, 6) is -1.34. The molecule has 2 heterocycles. The van der Waals surface area contributed by atoms with E-state index in [9.17, 15) is 18.0 Å². The molecule has 0 aromatic heterocycles. The Morgan fingerprint density at radius 1 is 1.10 bits per heavy atom. The van der Waals surface area contributed by atoms with Crippen molar-refractivity contribution < 1.29 is 18.0 Å². The molecular weight excluding hydrogens is 392 g/mol.